The maximum absolute atomic E-state index is 14.6. The average molecular weight is 646 g/mol. The summed E-state index contributed by atoms with van der Waals surface area (Å²) in [5.74, 6) is -0.859. The summed E-state index contributed by atoms with van der Waals surface area (Å²) in [4.78, 5) is 30.1. The molecular weight excluding hydrogens is 606 g/mol. The zero-order valence-corrected chi connectivity index (χ0v) is 27.9. The number of halogens is 1. The summed E-state index contributed by atoms with van der Waals surface area (Å²) in [5, 5.41) is 3.38. The van der Waals surface area contributed by atoms with Crippen molar-refractivity contribution in [3.63, 3.8) is 0 Å². The second-order valence-electron chi connectivity index (χ2n) is 12.2. The van der Waals surface area contributed by atoms with Gasteiger partial charge in [-0.05, 0) is 75.6 Å². The van der Waals surface area contributed by atoms with Crippen LogP contribution in [-0.2, 0) is 32.6 Å². The summed E-state index contributed by atoms with van der Waals surface area (Å²) < 4.78 is 29.4. The van der Waals surface area contributed by atoms with Crippen LogP contribution >= 0.6 is 11.6 Å². The molecule has 0 saturated heterocycles. The molecular formula is C36H40ClN3O4S. The number of carbonyl (C=O) groups is 2. The van der Waals surface area contributed by atoms with Crippen molar-refractivity contribution in [3.8, 4) is 0 Å². The fraction of sp³-hybridized carbons (Fsp3) is 0.278. The van der Waals surface area contributed by atoms with Gasteiger partial charge in [0.15, 0.2) is 0 Å². The second-order valence-corrected chi connectivity index (χ2v) is 14.5. The molecule has 4 rings (SSSR count). The summed E-state index contributed by atoms with van der Waals surface area (Å²) in [7, 11) is -4.21. The molecule has 1 atom stereocenters. The zero-order valence-electron chi connectivity index (χ0n) is 26.3. The molecule has 7 nitrogen and oxygen atoms in total. The Morgan fingerprint density at radius 2 is 1.42 bits per heavy atom. The summed E-state index contributed by atoms with van der Waals surface area (Å²) in [6.07, 6.45) is 0.238. The molecule has 9 heteroatoms. The van der Waals surface area contributed by atoms with E-state index in [9.17, 15) is 18.0 Å². The van der Waals surface area contributed by atoms with Crippen LogP contribution in [0.4, 0.5) is 5.69 Å². The Kier molecular flexibility index (Phi) is 10.7. The molecule has 0 radical (unpaired) electrons. The number of hydrogen-bond donors (Lipinski definition) is 1. The molecule has 0 fully saturated rings. The summed E-state index contributed by atoms with van der Waals surface area (Å²) in [5.41, 5.74) is 3.08. The van der Waals surface area contributed by atoms with E-state index < -0.39 is 34.1 Å². The lowest BCUT2D eigenvalue weighted by atomic mass is 10.0. The first kappa shape index (κ1) is 33.7. The molecule has 0 saturated carbocycles. The van der Waals surface area contributed by atoms with Crippen molar-refractivity contribution in [2.45, 2.75) is 64.1 Å². The fourth-order valence-electron chi connectivity index (χ4n) is 4.98. The van der Waals surface area contributed by atoms with Gasteiger partial charge in [-0.25, -0.2) is 8.42 Å². The molecule has 45 heavy (non-hydrogen) atoms. The van der Waals surface area contributed by atoms with Gasteiger partial charge in [0.2, 0.25) is 11.8 Å². The van der Waals surface area contributed by atoms with Crippen LogP contribution in [0.1, 0.15) is 43.0 Å². The van der Waals surface area contributed by atoms with E-state index in [1.165, 1.54) is 17.0 Å². The van der Waals surface area contributed by atoms with Crippen LogP contribution in [-0.4, -0.2) is 43.3 Å². The normalized spacial score (nSPS) is 12.3. The molecule has 0 aromatic heterocycles. The van der Waals surface area contributed by atoms with E-state index >= 15 is 0 Å². The van der Waals surface area contributed by atoms with Gasteiger partial charge in [0.25, 0.3) is 10.0 Å². The van der Waals surface area contributed by atoms with Crippen LogP contribution in [0.15, 0.2) is 108 Å². The summed E-state index contributed by atoms with van der Waals surface area (Å²) in [6, 6.07) is 29.2. The number of benzene rings is 4. The number of nitrogens with one attached hydrogen (secondary N) is 1. The first-order valence-electron chi connectivity index (χ1n) is 14.8. The van der Waals surface area contributed by atoms with Crippen LogP contribution in [0.5, 0.6) is 0 Å². The number of aryl methyl sites for hydroxylation is 2. The van der Waals surface area contributed by atoms with Gasteiger partial charge in [-0.1, -0.05) is 96.0 Å². The highest BCUT2D eigenvalue weighted by Gasteiger charge is 2.36. The Labute approximate surface area is 271 Å². The second kappa shape index (κ2) is 14.3. The molecule has 4 aromatic carbocycles. The van der Waals surface area contributed by atoms with Gasteiger partial charge in [0, 0.05) is 23.5 Å². The number of anilines is 1. The monoisotopic (exact) mass is 645 g/mol. The van der Waals surface area contributed by atoms with Crippen molar-refractivity contribution in [2.24, 2.45) is 0 Å². The molecule has 236 valence electrons. The smallest absolute Gasteiger partial charge is 0.264 e. The van der Waals surface area contributed by atoms with E-state index in [-0.39, 0.29) is 29.5 Å². The predicted octanol–water partition coefficient (Wildman–Crippen LogP) is 6.71. The molecule has 1 N–H and O–H groups in total. The summed E-state index contributed by atoms with van der Waals surface area (Å²) in [6.45, 7) is 8.94. The number of nitrogens with zero attached hydrogens (tertiary/aromatic N) is 2. The highest BCUT2D eigenvalue weighted by atomic mass is 35.5. The van der Waals surface area contributed by atoms with Crippen molar-refractivity contribution in [1.82, 2.24) is 10.2 Å². The van der Waals surface area contributed by atoms with Crippen molar-refractivity contribution < 1.29 is 18.0 Å². The van der Waals surface area contributed by atoms with Crippen LogP contribution in [0, 0.1) is 13.8 Å². The first-order chi connectivity index (χ1) is 21.2. The van der Waals surface area contributed by atoms with Crippen LogP contribution < -0.4 is 9.62 Å². The lowest BCUT2D eigenvalue weighted by Gasteiger charge is -2.35. The van der Waals surface area contributed by atoms with E-state index in [2.05, 4.69) is 5.32 Å². The Bertz CT molecular complexity index is 1720. The molecule has 1 unspecified atom stereocenters. The number of sulfonamides is 1. The number of hydrogen-bond acceptors (Lipinski definition) is 4. The molecule has 4 aromatic rings. The van der Waals surface area contributed by atoms with Crippen molar-refractivity contribution in [2.75, 3.05) is 10.8 Å². The van der Waals surface area contributed by atoms with E-state index in [0.717, 1.165) is 21.0 Å². The topological polar surface area (TPSA) is 86.8 Å². The third kappa shape index (κ3) is 8.96. The lowest BCUT2D eigenvalue weighted by Crippen LogP contribution is -2.56. The van der Waals surface area contributed by atoms with Crippen molar-refractivity contribution in [1.29, 1.82) is 0 Å². The van der Waals surface area contributed by atoms with E-state index in [4.69, 9.17) is 11.6 Å². The van der Waals surface area contributed by atoms with Gasteiger partial charge in [-0.3, -0.25) is 13.9 Å². The fourth-order valence-corrected chi connectivity index (χ4v) is 6.64. The lowest BCUT2D eigenvalue weighted by molar-refractivity contribution is -0.140. The standard InChI is InChI=1S/C36H40ClN3O4S/c1-26-16-19-29(20-17-26)24-39(33(35(42)38-36(3,4)5)22-28-12-8-6-9-13-28)34(41)25-40(32-23-30(37)21-18-27(32)2)45(43,44)31-14-10-7-11-15-31/h6-21,23,33H,22,24-25H2,1-5H3,(H,38,42). The number of amides is 2. The molecule has 0 aliphatic rings. The maximum Gasteiger partial charge on any atom is 0.264 e. The summed E-state index contributed by atoms with van der Waals surface area (Å²) >= 11 is 6.35. The zero-order chi connectivity index (χ0) is 32.8. The Morgan fingerprint density at radius 3 is 2.02 bits per heavy atom. The SMILES string of the molecule is Cc1ccc(CN(C(=O)CN(c2cc(Cl)ccc2C)S(=O)(=O)c2ccccc2)C(Cc2ccccc2)C(=O)NC(C)(C)C)cc1. The van der Waals surface area contributed by atoms with E-state index in [1.54, 1.807) is 43.3 Å². The maximum atomic E-state index is 14.6. The van der Waals surface area contributed by atoms with Gasteiger partial charge in [-0.15, -0.1) is 0 Å². The highest BCUT2D eigenvalue weighted by molar-refractivity contribution is 7.92. The predicted molar refractivity (Wildman–Crippen MR) is 181 cm³/mol. The third-order valence-corrected chi connectivity index (χ3v) is 9.30. The molecule has 0 bridgehead atoms. The molecule has 2 amide bonds. The largest absolute Gasteiger partial charge is 0.350 e. The molecule has 0 aliphatic carbocycles. The number of rotatable bonds is 11. The minimum Gasteiger partial charge on any atom is -0.350 e. The quantitative estimate of drug-likeness (QED) is 0.197. The van der Waals surface area contributed by atoms with Gasteiger partial charge >= 0.3 is 0 Å². The van der Waals surface area contributed by atoms with Gasteiger partial charge in [-0.2, -0.15) is 0 Å². The Hall–Kier alpha value is -4.14. The van der Waals surface area contributed by atoms with Gasteiger partial charge < -0.3 is 10.2 Å². The van der Waals surface area contributed by atoms with Crippen LogP contribution in [0.2, 0.25) is 5.02 Å². The minimum absolute atomic E-state index is 0.0357. The van der Waals surface area contributed by atoms with Crippen LogP contribution in [0.3, 0.4) is 0 Å². The molecule has 0 aliphatic heterocycles. The molecule has 0 spiro atoms. The van der Waals surface area contributed by atoms with E-state index in [0.29, 0.717) is 10.6 Å². The Balaban J connectivity index is 1.84. The van der Waals surface area contributed by atoms with Gasteiger partial charge in [0.1, 0.15) is 12.6 Å². The third-order valence-electron chi connectivity index (χ3n) is 7.29. The number of carbonyl (C=O) groups excluding carboxylic acids is 2. The van der Waals surface area contributed by atoms with Gasteiger partial charge in [0.05, 0.1) is 10.6 Å². The highest BCUT2D eigenvalue weighted by Crippen LogP contribution is 2.30. The van der Waals surface area contributed by atoms with E-state index in [1.807, 2.05) is 82.3 Å². The molecule has 0 heterocycles. The van der Waals surface area contributed by atoms with Crippen molar-refractivity contribution >= 4 is 39.1 Å². The van der Waals surface area contributed by atoms with Crippen molar-refractivity contribution in [3.05, 3.63) is 130 Å². The Morgan fingerprint density at radius 1 is 0.822 bits per heavy atom. The minimum atomic E-state index is -4.21. The van der Waals surface area contributed by atoms with Crippen LogP contribution in [0.25, 0.3) is 0 Å². The first-order valence-corrected chi connectivity index (χ1v) is 16.6. The average Bonchev–Trinajstić information content (AvgIpc) is 3.00.